The third-order valence-electron chi connectivity index (χ3n) is 2.30. The molecule has 6 nitrogen and oxygen atoms in total. The molecule has 0 radical (unpaired) electrons. The molecule has 0 bridgehead atoms. The normalized spacial score (nSPS) is 10.7. The van der Waals surface area contributed by atoms with Crippen molar-refractivity contribution in [1.29, 1.82) is 0 Å². The maximum absolute atomic E-state index is 5.92. The van der Waals surface area contributed by atoms with E-state index in [1.807, 2.05) is 12.1 Å². The van der Waals surface area contributed by atoms with Gasteiger partial charge in [0.1, 0.15) is 11.3 Å². The molecule has 0 aromatic carbocycles. The predicted octanol–water partition coefficient (Wildman–Crippen LogP) is 2.25. The third kappa shape index (κ3) is 2.10. The lowest BCUT2D eigenvalue weighted by atomic mass is 10.2. The summed E-state index contributed by atoms with van der Waals surface area (Å²) in [6, 6.07) is 3.64. The van der Waals surface area contributed by atoms with Gasteiger partial charge < -0.3 is 9.26 Å². The summed E-state index contributed by atoms with van der Waals surface area (Å²) < 4.78 is 10.1. The fourth-order valence-electron chi connectivity index (χ4n) is 1.49. The van der Waals surface area contributed by atoms with Gasteiger partial charge >= 0.3 is 0 Å². The standard InChI is InChI=1S/C11H7ClN4O2/c12-11-10-7(1-2-13-11)3-8(4-14-10)17-5-9-15-6-18-16-9/h1-4,6H,5H2. The van der Waals surface area contributed by atoms with Crippen LogP contribution in [0.4, 0.5) is 0 Å². The van der Waals surface area contributed by atoms with Crippen molar-refractivity contribution >= 4 is 22.5 Å². The van der Waals surface area contributed by atoms with E-state index in [-0.39, 0.29) is 6.61 Å². The van der Waals surface area contributed by atoms with Crippen LogP contribution in [-0.2, 0) is 6.61 Å². The minimum Gasteiger partial charge on any atom is -0.484 e. The third-order valence-corrected chi connectivity index (χ3v) is 2.58. The SMILES string of the molecule is Clc1nccc2cc(OCc3ncon3)cnc12. The molecule has 3 rings (SSSR count). The summed E-state index contributed by atoms with van der Waals surface area (Å²) in [5.74, 6) is 1.08. The van der Waals surface area contributed by atoms with Crippen LogP contribution in [0.3, 0.4) is 0 Å². The molecule has 3 aromatic heterocycles. The fourth-order valence-corrected chi connectivity index (χ4v) is 1.70. The topological polar surface area (TPSA) is 73.9 Å². The molecule has 7 heteroatoms. The van der Waals surface area contributed by atoms with Gasteiger partial charge in [0.15, 0.2) is 11.8 Å². The van der Waals surface area contributed by atoms with Crippen molar-refractivity contribution in [2.75, 3.05) is 0 Å². The van der Waals surface area contributed by atoms with E-state index in [0.29, 0.717) is 22.2 Å². The lowest BCUT2D eigenvalue weighted by Crippen LogP contribution is -1.98. The Hall–Kier alpha value is -2.21. The van der Waals surface area contributed by atoms with Gasteiger partial charge in [0.25, 0.3) is 0 Å². The summed E-state index contributed by atoms with van der Waals surface area (Å²) in [5.41, 5.74) is 0.645. The second-order valence-electron chi connectivity index (χ2n) is 3.48. The highest BCUT2D eigenvalue weighted by atomic mass is 35.5. The van der Waals surface area contributed by atoms with Crippen LogP contribution in [0.1, 0.15) is 5.82 Å². The van der Waals surface area contributed by atoms with E-state index in [1.165, 1.54) is 6.39 Å². The van der Waals surface area contributed by atoms with Gasteiger partial charge in [-0.3, -0.25) is 0 Å². The number of pyridine rings is 2. The second kappa shape index (κ2) is 4.58. The number of halogens is 1. The van der Waals surface area contributed by atoms with Crippen molar-refractivity contribution in [3.63, 3.8) is 0 Å². The maximum atomic E-state index is 5.92. The summed E-state index contributed by atoms with van der Waals surface area (Å²) in [4.78, 5) is 12.0. The molecule has 0 saturated carbocycles. The number of rotatable bonds is 3. The Bertz CT molecular complexity index is 672. The molecular weight excluding hydrogens is 256 g/mol. The first-order chi connectivity index (χ1) is 8.83. The van der Waals surface area contributed by atoms with E-state index in [9.17, 15) is 0 Å². The van der Waals surface area contributed by atoms with E-state index >= 15 is 0 Å². The van der Waals surface area contributed by atoms with E-state index in [1.54, 1.807) is 12.4 Å². The highest BCUT2D eigenvalue weighted by Gasteiger charge is 2.04. The summed E-state index contributed by atoms with van der Waals surface area (Å²) in [7, 11) is 0. The van der Waals surface area contributed by atoms with Crippen LogP contribution < -0.4 is 4.74 Å². The summed E-state index contributed by atoms with van der Waals surface area (Å²) in [5, 5.41) is 4.88. The van der Waals surface area contributed by atoms with Crippen LogP contribution in [0.15, 0.2) is 35.4 Å². The minimum atomic E-state index is 0.225. The molecule has 90 valence electrons. The van der Waals surface area contributed by atoms with Gasteiger partial charge in [-0.15, -0.1) is 0 Å². The van der Waals surface area contributed by atoms with Crippen LogP contribution in [0.25, 0.3) is 10.9 Å². The van der Waals surface area contributed by atoms with Gasteiger partial charge in [-0.2, -0.15) is 4.98 Å². The Kier molecular flexibility index (Phi) is 2.77. The Labute approximate surface area is 107 Å². The molecule has 0 N–H and O–H groups in total. The second-order valence-corrected chi connectivity index (χ2v) is 3.84. The van der Waals surface area contributed by atoms with Gasteiger partial charge in [0.2, 0.25) is 12.2 Å². The monoisotopic (exact) mass is 262 g/mol. The van der Waals surface area contributed by atoms with Crippen LogP contribution in [0, 0.1) is 0 Å². The number of hydrogen-bond donors (Lipinski definition) is 0. The van der Waals surface area contributed by atoms with Gasteiger partial charge in [0, 0.05) is 11.6 Å². The average Bonchev–Trinajstić information content (AvgIpc) is 2.90. The Morgan fingerprint density at radius 2 is 2.22 bits per heavy atom. The molecule has 0 atom stereocenters. The first kappa shape index (κ1) is 10.9. The van der Waals surface area contributed by atoms with Crippen molar-refractivity contribution in [2.24, 2.45) is 0 Å². The molecule has 3 aromatic rings. The number of nitrogens with zero attached hydrogens (tertiary/aromatic N) is 4. The molecule has 3 heterocycles. The first-order valence-electron chi connectivity index (χ1n) is 5.11. The highest BCUT2D eigenvalue weighted by molar-refractivity contribution is 6.33. The van der Waals surface area contributed by atoms with Gasteiger partial charge in [-0.25, -0.2) is 9.97 Å². The van der Waals surface area contributed by atoms with Crippen LogP contribution in [0.5, 0.6) is 5.75 Å². The van der Waals surface area contributed by atoms with Gasteiger partial charge in [-0.1, -0.05) is 16.8 Å². The van der Waals surface area contributed by atoms with Crippen LogP contribution >= 0.6 is 11.6 Å². The zero-order chi connectivity index (χ0) is 12.4. The van der Waals surface area contributed by atoms with Gasteiger partial charge in [-0.05, 0) is 12.1 Å². The van der Waals surface area contributed by atoms with E-state index < -0.39 is 0 Å². The first-order valence-corrected chi connectivity index (χ1v) is 5.49. The molecule has 0 spiro atoms. The fraction of sp³-hybridized carbons (Fsp3) is 0.0909. The Balaban J connectivity index is 1.85. The van der Waals surface area contributed by atoms with E-state index in [0.717, 1.165) is 5.39 Å². The Morgan fingerprint density at radius 1 is 1.28 bits per heavy atom. The smallest absolute Gasteiger partial charge is 0.213 e. The lowest BCUT2D eigenvalue weighted by molar-refractivity contribution is 0.286. The molecule has 0 fully saturated rings. The number of ether oxygens (including phenoxy) is 1. The Morgan fingerprint density at radius 3 is 3.06 bits per heavy atom. The van der Waals surface area contributed by atoms with Crippen LogP contribution in [0.2, 0.25) is 5.15 Å². The zero-order valence-corrected chi connectivity index (χ0v) is 9.83. The number of aromatic nitrogens is 4. The highest BCUT2D eigenvalue weighted by Crippen LogP contribution is 2.22. The van der Waals surface area contributed by atoms with Crippen molar-refractivity contribution in [3.05, 3.63) is 41.9 Å². The minimum absolute atomic E-state index is 0.225. The number of fused-ring (bicyclic) bond motifs is 1. The summed E-state index contributed by atoms with van der Waals surface area (Å²) in [6.07, 6.45) is 4.45. The molecule has 0 aliphatic heterocycles. The summed E-state index contributed by atoms with van der Waals surface area (Å²) >= 11 is 5.92. The van der Waals surface area contributed by atoms with E-state index in [4.69, 9.17) is 16.3 Å². The van der Waals surface area contributed by atoms with Crippen molar-refractivity contribution in [1.82, 2.24) is 20.1 Å². The molecule has 0 aliphatic carbocycles. The number of hydrogen-bond acceptors (Lipinski definition) is 6. The van der Waals surface area contributed by atoms with Gasteiger partial charge in [0.05, 0.1) is 6.20 Å². The van der Waals surface area contributed by atoms with E-state index in [2.05, 4.69) is 24.6 Å². The lowest BCUT2D eigenvalue weighted by Gasteiger charge is -2.04. The molecule has 0 aliphatic rings. The molecule has 0 unspecified atom stereocenters. The average molecular weight is 263 g/mol. The maximum Gasteiger partial charge on any atom is 0.213 e. The summed E-state index contributed by atoms with van der Waals surface area (Å²) in [6.45, 7) is 0.225. The quantitative estimate of drug-likeness (QED) is 0.674. The molecule has 18 heavy (non-hydrogen) atoms. The van der Waals surface area contributed by atoms with Crippen LogP contribution in [-0.4, -0.2) is 20.1 Å². The van der Waals surface area contributed by atoms with Crippen molar-refractivity contribution < 1.29 is 9.26 Å². The van der Waals surface area contributed by atoms with Crippen molar-refractivity contribution in [2.45, 2.75) is 6.61 Å². The molecule has 0 amide bonds. The zero-order valence-electron chi connectivity index (χ0n) is 9.08. The predicted molar refractivity (Wildman–Crippen MR) is 63.2 cm³/mol. The van der Waals surface area contributed by atoms with Crippen molar-refractivity contribution in [3.8, 4) is 5.75 Å². The molecule has 0 saturated heterocycles. The largest absolute Gasteiger partial charge is 0.484 e. The molecular formula is C11H7ClN4O2.